The normalized spacial score (nSPS) is 18.3. The van der Waals surface area contributed by atoms with Crippen LogP contribution in [0, 0.1) is 0 Å². The maximum atomic E-state index is 12.9. The fraction of sp³-hybridized carbons (Fsp3) is 0.278. The van der Waals surface area contributed by atoms with Crippen molar-refractivity contribution in [2.75, 3.05) is 18.8 Å². The molecule has 1 aliphatic heterocycles. The molecule has 1 amide bonds. The highest BCUT2D eigenvalue weighted by Crippen LogP contribution is 2.38. The first kappa shape index (κ1) is 16.8. The maximum absolute atomic E-state index is 12.9. The molecular weight excluding hydrogens is 374 g/mol. The third-order valence-corrected chi connectivity index (χ3v) is 6.59. The van der Waals surface area contributed by atoms with E-state index < -0.39 is 0 Å². The SMILES string of the molecule is O=C(c1ccc2nsnc2c1)N1CCSC(c2ccccc2Cl)CC1. The zero-order chi connectivity index (χ0) is 17.2. The number of benzene rings is 2. The molecule has 1 aromatic heterocycles. The predicted molar refractivity (Wildman–Crippen MR) is 105 cm³/mol. The highest BCUT2D eigenvalue weighted by molar-refractivity contribution is 7.99. The zero-order valence-electron chi connectivity index (χ0n) is 13.4. The minimum Gasteiger partial charge on any atom is -0.338 e. The molecule has 2 aromatic carbocycles. The van der Waals surface area contributed by atoms with Crippen LogP contribution in [0.25, 0.3) is 11.0 Å². The molecule has 2 heterocycles. The van der Waals surface area contributed by atoms with Gasteiger partial charge in [0.15, 0.2) is 0 Å². The lowest BCUT2D eigenvalue weighted by atomic mass is 10.1. The van der Waals surface area contributed by atoms with E-state index in [1.807, 2.05) is 53.1 Å². The molecule has 25 heavy (non-hydrogen) atoms. The Morgan fingerprint density at radius 2 is 1.96 bits per heavy atom. The molecule has 1 atom stereocenters. The average molecular weight is 390 g/mol. The number of carbonyl (C=O) groups excluding carboxylic acids is 1. The van der Waals surface area contributed by atoms with Gasteiger partial charge in [0.25, 0.3) is 5.91 Å². The molecule has 4 rings (SSSR count). The van der Waals surface area contributed by atoms with Crippen molar-refractivity contribution in [3.63, 3.8) is 0 Å². The largest absolute Gasteiger partial charge is 0.338 e. The van der Waals surface area contributed by atoms with Gasteiger partial charge in [0.05, 0.1) is 11.7 Å². The second-order valence-electron chi connectivity index (χ2n) is 5.93. The van der Waals surface area contributed by atoms with Gasteiger partial charge in [-0.2, -0.15) is 20.5 Å². The fourth-order valence-corrected chi connectivity index (χ4v) is 5.17. The van der Waals surface area contributed by atoms with Gasteiger partial charge in [-0.25, -0.2) is 0 Å². The molecule has 1 saturated heterocycles. The Kier molecular flexibility index (Phi) is 4.92. The Balaban J connectivity index is 1.50. The predicted octanol–water partition coefficient (Wildman–Crippen LogP) is 4.67. The Labute approximate surface area is 159 Å². The summed E-state index contributed by atoms with van der Waals surface area (Å²) in [5.41, 5.74) is 3.47. The molecule has 1 unspecified atom stereocenters. The van der Waals surface area contributed by atoms with Crippen molar-refractivity contribution in [2.24, 2.45) is 0 Å². The van der Waals surface area contributed by atoms with Crippen molar-refractivity contribution >= 4 is 52.0 Å². The van der Waals surface area contributed by atoms with Crippen molar-refractivity contribution in [1.82, 2.24) is 13.6 Å². The van der Waals surface area contributed by atoms with E-state index in [1.54, 1.807) is 0 Å². The Morgan fingerprint density at radius 1 is 1.12 bits per heavy atom. The first-order valence-corrected chi connectivity index (χ1v) is 10.3. The van der Waals surface area contributed by atoms with E-state index in [2.05, 4.69) is 14.8 Å². The number of nitrogens with zero attached hydrogens (tertiary/aromatic N) is 3. The van der Waals surface area contributed by atoms with Crippen molar-refractivity contribution in [3.8, 4) is 0 Å². The van der Waals surface area contributed by atoms with Gasteiger partial charge < -0.3 is 4.90 Å². The van der Waals surface area contributed by atoms with E-state index in [0.717, 1.165) is 41.3 Å². The minimum atomic E-state index is 0.0651. The van der Waals surface area contributed by atoms with Gasteiger partial charge >= 0.3 is 0 Å². The van der Waals surface area contributed by atoms with E-state index in [0.29, 0.717) is 10.8 Å². The molecule has 0 N–H and O–H groups in total. The third kappa shape index (κ3) is 3.52. The molecule has 1 fully saturated rings. The molecule has 128 valence electrons. The van der Waals surface area contributed by atoms with E-state index in [4.69, 9.17) is 11.6 Å². The summed E-state index contributed by atoms with van der Waals surface area (Å²) in [5, 5.41) is 1.14. The van der Waals surface area contributed by atoms with Crippen molar-refractivity contribution in [2.45, 2.75) is 11.7 Å². The van der Waals surface area contributed by atoms with Crippen LogP contribution in [0.2, 0.25) is 5.02 Å². The Morgan fingerprint density at radius 3 is 2.84 bits per heavy atom. The van der Waals surface area contributed by atoms with Gasteiger partial charge in [0, 0.05) is 34.7 Å². The molecule has 1 aliphatic rings. The second-order valence-corrected chi connectivity index (χ2v) is 8.18. The molecule has 0 saturated carbocycles. The van der Waals surface area contributed by atoms with Crippen LogP contribution in [0.5, 0.6) is 0 Å². The molecule has 4 nitrogen and oxygen atoms in total. The number of halogens is 1. The number of carbonyl (C=O) groups is 1. The smallest absolute Gasteiger partial charge is 0.253 e. The lowest BCUT2D eigenvalue weighted by Gasteiger charge is -2.20. The Hall–Kier alpha value is -1.63. The lowest BCUT2D eigenvalue weighted by Crippen LogP contribution is -2.32. The molecule has 0 aliphatic carbocycles. The van der Waals surface area contributed by atoms with Crippen LogP contribution in [0.4, 0.5) is 0 Å². The van der Waals surface area contributed by atoms with Crippen LogP contribution >= 0.6 is 35.1 Å². The topological polar surface area (TPSA) is 46.1 Å². The molecule has 3 aromatic rings. The molecule has 7 heteroatoms. The summed E-state index contributed by atoms with van der Waals surface area (Å²) in [6.07, 6.45) is 0.903. The van der Waals surface area contributed by atoms with Crippen LogP contribution in [-0.4, -0.2) is 38.4 Å². The van der Waals surface area contributed by atoms with Gasteiger partial charge in [0.1, 0.15) is 11.0 Å². The van der Waals surface area contributed by atoms with Crippen LogP contribution in [0.15, 0.2) is 42.5 Å². The van der Waals surface area contributed by atoms with Crippen LogP contribution in [0.3, 0.4) is 0 Å². The molecule has 0 spiro atoms. The van der Waals surface area contributed by atoms with Crippen molar-refractivity contribution in [1.29, 1.82) is 0 Å². The highest BCUT2D eigenvalue weighted by atomic mass is 35.5. The molecule has 0 bridgehead atoms. The van der Waals surface area contributed by atoms with E-state index in [-0.39, 0.29) is 5.91 Å². The number of amides is 1. The second kappa shape index (κ2) is 7.32. The van der Waals surface area contributed by atoms with E-state index >= 15 is 0 Å². The summed E-state index contributed by atoms with van der Waals surface area (Å²) in [4.78, 5) is 14.8. The highest BCUT2D eigenvalue weighted by Gasteiger charge is 2.24. The van der Waals surface area contributed by atoms with Gasteiger partial charge in [-0.1, -0.05) is 29.8 Å². The van der Waals surface area contributed by atoms with Crippen LogP contribution < -0.4 is 0 Å². The quantitative estimate of drug-likeness (QED) is 0.639. The van der Waals surface area contributed by atoms with Gasteiger partial charge in [-0.3, -0.25) is 4.79 Å². The van der Waals surface area contributed by atoms with E-state index in [1.165, 1.54) is 17.3 Å². The number of thioether (sulfide) groups is 1. The number of fused-ring (bicyclic) bond motifs is 1. The summed E-state index contributed by atoms with van der Waals surface area (Å²) in [5.74, 6) is 0.970. The summed E-state index contributed by atoms with van der Waals surface area (Å²) in [6.45, 7) is 1.48. The fourth-order valence-electron chi connectivity index (χ4n) is 3.06. The summed E-state index contributed by atoms with van der Waals surface area (Å²) < 4.78 is 8.42. The first-order valence-electron chi connectivity index (χ1n) is 8.10. The summed E-state index contributed by atoms with van der Waals surface area (Å²) in [7, 11) is 0. The molecular formula is C18H16ClN3OS2. The number of rotatable bonds is 2. The van der Waals surface area contributed by atoms with Gasteiger partial charge in [0.2, 0.25) is 0 Å². The van der Waals surface area contributed by atoms with Gasteiger partial charge in [-0.05, 0) is 36.2 Å². The van der Waals surface area contributed by atoms with E-state index in [9.17, 15) is 4.79 Å². The van der Waals surface area contributed by atoms with Crippen LogP contribution in [-0.2, 0) is 0 Å². The standard InChI is InChI=1S/C18H16ClN3OS2/c19-14-4-2-1-3-13(14)17-7-8-22(9-10-24-17)18(23)12-5-6-15-16(11-12)21-25-20-15/h1-6,11,17H,7-10H2. The van der Waals surface area contributed by atoms with Gasteiger partial charge in [-0.15, -0.1) is 0 Å². The zero-order valence-corrected chi connectivity index (χ0v) is 15.8. The van der Waals surface area contributed by atoms with Crippen LogP contribution in [0.1, 0.15) is 27.6 Å². The average Bonchev–Trinajstić information content (AvgIpc) is 2.97. The maximum Gasteiger partial charge on any atom is 0.253 e. The summed E-state index contributed by atoms with van der Waals surface area (Å²) in [6, 6.07) is 13.5. The number of hydrogen-bond donors (Lipinski definition) is 0. The first-order chi connectivity index (χ1) is 12.2. The molecule has 0 radical (unpaired) electrons. The van der Waals surface area contributed by atoms with Crippen molar-refractivity contribution in [3.05, 3.63) is 58.6 Å². The lowest BCUT2D eigenvalue weighted by molar-refractivity contribution is 0.0766. The third-order valence-electron chi connectivity index (χ3n) is 4.38. The van der Waals surface area contributed by atoms with Crippen molar-refractivity contribution < 1.29 is 4.79 Å². The number of hydrogen-bond acceptors (Lipinski definition) is 5. The minimum absolute atomic E-state index is 0.0651. The Bertz CT molecular complexity index is 914. The monoisotopic (exact) mass is 389 g/mol. The number of aromatic nitrogens is 2. The summed E-state index contributed by atoms with van der Waals surface area (Å²) >= 11 is 9.39.